The molecule has 2 aromatic rings. The zero-order valence-electron chi connectivity index (χ0n) is 14.8. The lowest BCUT2D eigenvalue weighted by molar-refractivity contribution is -0.389. The zero-order chi connectivity index (χ0) is 20.1. The Morgan fingerprint density at radius 2 is 2.07 bits per heavy atom. The quantitative estimate of drug-likeness (QED) is 0.553. The number of alkyl halides is 2. The van der Waals surface area contributed by atoms with Gasteiger partial charge in [-0.1, -0.05) is 6.92 Å². The van der Waals surface area contributed by atoms with E-state index in [1.54, 1.807) is 13.8 Å². The lowest BCUT2D eigenvalue weighted by Crippen LogP contribution is -2.27. The number of nitrogens with zero attached hydrogens (tertiary/aromatic N) is 3. The number of carbonyl (C=O) groups excluding carboxylic acids is 1. The summed E-state index contributed by atoms with van der Waals surface area (Å²) in [5.74, 6) is -0.972. The molecule has 1 aromatic carbocycles. The summed E-state index contributed by atoms with van der Waals surface area (Å²) >= 11 is 0. The summed E-state index contributed by atoms with van der Waals surface area (Å²) in [5, 5.41) is 17.3. The van der Waals surface area contributed by atoms with Gasteiger partial charge in [-0.2, -0.15) is 13.5 Å². The van der Waals surface area contributed by atoms with Crippen molar-refractivity contribution >= 4 is 17.4 Å². The minimum Gasteiger partial charge on any atom is -0.493 e. The fourth-order valence-corrected chi connectivity index (χ4v) is 2.51. The zero-order valence-corrected chi connectivity index (χ0v) is 14.8. The molecule has 0 spiro atoms. The van der Waals surface area contributed by atoms with E-state index >= 15 is 0 Å². The molecule has 27 heavy (non-hydrogen) atoms. The number of nitrogens with one attached hydrogen (secondary N) is 1. The van der Waals surface area contributed by atoms with Crippen molar-refractivity contribution in [3.05, 3.63) is 40.1 Å². The van der Waals surface area contributed by atoms with Crippen LogP contribution in [0.5, 0.6) is 11.5 Å². The number of amides is 1. The van der Waals surface area contributed by atoms with Gasteiger partial charge in [-0.25, -0.2) is 0 Å². The second-order valence-electron chi connectivity index (χ2n) is 5.50. The van der Waals surface area contributed by atoms with E-state index in [-0.39, 0.29) is 23.0 Å². The van der Waals surface area contributed by atoms with Crippen molar-refractivity contribution in [2.24, 2.45) is 0 Å². The van der Waals surface area contributed by atoms with Crippen molar-refractivity contribution in [2.45, 2.75) is 32.9 Å². The summed E-state index contributed by atoms with van der Waals surface area (Å²) in [6.07, 6.45) is 0.329. The summed E-state index contributed by atoms with van der Waals surface area (Å²) in [5.41, 5.74) is 0.748. The van der Waals surface area contributed by atoms with E-state index in [0.717, 1.165) is 0 Å². The summed E-state index contributed by atoms with van der Waals surface area (Å²) in [7, 11) is 1.28. The molecular formula is C16H18F2N4O5. The molecule has 11 heteroatoms. The molecule has 0 bridgehead atoms. The molecule has 1 atom stereocenters. The molecule has 2 rings (SSSR count). The van der Waals surface area contributed by atoms with Crippen LogP contribution in [0.25, 0.3) is 0 Å². The van der Waals surface area contributed by atoms with E-state index in [4.69, 9.17) is 4.74 Å². The van der Waals surface area contributed by atoms with Crippen LogP contribution >= 0.6 is 0 Å². The first-order chi connectivity index (χ1) is 12.8. The Labute approximate surface area is 153 Å². The summed E-state index contributed by atoms with van der Waals surface area (Å²) < 4.78 is 35.3. The molecule has 0 radical (unpaired) electrons. The average Bonchev–Trinajstić information content (AvgIpc) is 2.98. The number of carbonyl (C=O) groups is 1. The van der Waals surface area contributed by atoms with Gasteiger partial charge >= 0.3 is 12.4 Å². The largest absolute Gasteiger partial charge is 0.493 e. The molecule has 1 amide bonds. The summed E-state index contributed by atoms with van der Waals surface area (Å²) in [6, 6.07) is 4.44. The first-order valence-corrected chi connectivity index (χ1v) is 7.91. The lowest BCUT2D eigenvalue weighted by atomic mass is 10.2. The number of benzene rings is 1. The highest BCUT2D eigenvalue weighted by Gasteiger charge is 2.27. The standard InChI is InChI=1S/C16H18F2N4O5/c1-4-11(21-9(2)7-14(20-21)22(24)25)15(23)19-10-5-6-12(27-16(17)18)13(8-10)26-3/h5-8,11,16H,4H2,1-3H3,(H,19,23). The van der Waals surface area contributed by atoms with Crippen LogP contribution in [-0.2, 0) is 4.79 Å². The van der Waals surface area contributed by atoms with Crippen LogP contribution in [-0.4, -0.2) is 34.3 Å². The fourth-order valence-electron chi connectivity index (χ4n) is 2.51. The molecule has 0 saturated heterocycles. The highest BCUT2D eigenvalue weighted by Crippen LogP contribution is 2.32. The van der Waals surface area contributed by atoms with E-state index in [9.17, 15) is 23.7 Å². The molecule has 1 unspecified atom stereocenters. The van der Waals surface area contributed by atoms with Gasteiger partial charge in [0.05, 0.1) is 24.0 Å². The number of methoxy groups -OCH3 is 1. The van der Waals surface area contributed by atoms with E-state index in [1.807, 2.05) is 0 Å². The van der Waals surface area contributed by atoms with Crippen molar-refractivity contribution in [1.82, 2.24) is 9.78 Å². The van der Waals surface area contributed by atoms with E-state index < -0.39 is 23.5 Å². The highest BCUT2D eigenvalue weighted by atomic mass is 19.3. The van der Waals surface area contributed by atoms with Gasteiger partial charge in [0.2, 0.25) is 0 Å². The Morgan fingerprint density at radius 3 is 2.59 bits per heavy atom. The minimum atomic E-state index is -3.01. The molecule has 0 aliphatic carbocycles. The van der Waals surface area contributed by atoms with E-state index in [1.165, 1.54) is 36.1 Å². The predicted octanol–water partition coefficient (Wildman–Crippen LogP) is 3.30. The van der Waals surface area contributed by atoms with Gasteiger partial charge in [-0.3, -0.25) is 4.79 Å². The SMILES string of the molecule is CCC(C(=O)Nc1ccc(OC(F)F)c(OC)c1)n1nc([N+](=O)[O-])cc1C. The molecule has 146 valence electrons. The molecular weight excluding hydrogens is 366 g/mol. The maximum atomic E-state index is 12.6. The molecule has 1 N–H and O–H groups in total. The number of anilines is 1. The Morgan fingerprint density at radius 1 is 1.37 bits per heavy atom. The van der Waals surface area contributed by atoms with Crippen molar-refractivity contribution in [2.75, 3.05) is 12.4 Å². The third-order valence-electron chi connectivity index (χ3n) is 3.73. The number of rotatable bonds is 8. The van der Waals surface area contributed by atoms with Crippen LogP contribution < -0.4 is 14.8 Å². The lowest BCUT2D eigenvalue weighted by Gasteiger charge is -2.16. The van der Waals surface area contributed by atoms with Crippen LogP contribution in [0.3, 0.4) is 0 Å². The number of hydrogen-bond donors (Lipinski definition) is 1. The summed E-state index contributed by atoms with van der Waals surface area (Å²) in [4.78, 5) is 22.8. The van der Waals surface area contributed by atoms with Gasteiger partial charge < -0.3 is 24.9 Å². The van der Waals surface area contributed by atoms with Crippen LogP contribution in [0.2, 0.25) is 0 Å². The van der Waals surface area contributed by atoms with Crippen molar-refractivity contribution in [1.29, 1.82) is 0 Å². The highest BCUT2D eigenvalue weighted by molar-refractivity contribution is 5.94. The molecule has 0 saturated carbocycles. The first kappa shape index (κ1) is 20.1. The number of aromatic nitrogens is 2. The fraction of sp³-hybridized carbons (Fsp3) is 0.375. The van der Waals surface area contributed by atoms with Gasteiger partial charge in [-0.15, -0.1) is 0 Å². The van der Waals surface area contributed by atoms with Gasteiger partial charge in [0.25, 0.3) is 5.91 Å². The van der Waals surface area contributed by atoms with Crippen LogP contribution in [0.15, 0.2) is 24.3 Å². The maximum Gasteiger partial charge on any atom is 0.390 e. The molecule has 1 heterocycles. The maximum absolute atomic E-state index is 12.6. The average molecular weight is 384 g/mol. The molecule has 0 aliphatic heterocycles. The number of hydrogen-bond acceptors (Lipinski definition) is 6. The van der Waals surface area contributed by atoms with Gasteiger partial charge in [-0.05, 0) is 30.4 Å². The first-order valence-electron chi connectivity index (χ1n) is 7.91. The van der Waals surface area contributed by atoms with Crippen LogP contribution in [0, 0.1) is 17.0 Å². The number of nitro groups is 1. The Bertz CT molecular complexity index is 840. The Hall–Kier alpha value is -3.24. The van der Waals surface area contributed by atoms with Crippen molar-refractivity contribution in [3.63, 3.8) is 0 Å². The van der Waals surface area contributed by atoms with Crippen LogP contribution in [0.4, 0.5) is 20.3 Å². The molecule has 0 aliphatic rings. The smallest absolute Gasteiger partial charge is 0.390 e. The molecule has 0 fully saturated rings. The van der Waals surface area contributed by atoms with Crippen molar-refractivity contribution < 1.29 is 28.0 Å². The molecule has 9 nitrogen and oxygen atoms in total. The van der Waals surface area contributed by atoms with Crippen LogP contribution in [0.1, 0.15) is 25.1 Å². The Kier molecular flexibility index (Phi) is 6.27. The number of halogens is 2. The van der Waals surface area contributed by atoms with Gasteiger partial charge in [0, 0.05) is 11.8 Å². The van der Waals surface area contributed by atoms with E-state index in [0.29, 0.717) is 12.1 Å². The monoisotopic (exact) mass is 384 g/mol. The number of aryl methyl sites for hydroxylation is 1. The third kappa shape index (κ3) is 4.68. The third-order valence-corrected chi connectivity index (χ3v) is 3.73. The second kappa shape index (κ2) is 8.43. The topological polar surface area (TPSA) is 109 Å². The van der Waals surface area contributed by atoms with Crippen molar-refractivity contribution in [3.8, 4) is 11.5 Å². The van der Waals surface area contributed by atoms with Gasteiger partial charge in [0.15, 0.2) is 17.5 Å². The van der Waals surface area contributed by atoms with Gasteiger partial charge in [0.1, 0.15) is 0 Å². The Balaban J connectivity index is 2.23. The normalized spacial score (nSPS) is 11.9. The minimum absolute atomic E-state index is 0.0204. The summed E-state index contributed by atoms with van der Waals surface area (Å²) in [6.45, 7) is 0.328. The molecule has 1 aromatic heterocycles. The predicted molar refractivity (Wildman–Crippen MR) is 91.2 cm³/mol. The number of ether oxygens (including phenoxy) is 2. The second-order valence-corrected chi connectivity index (χ2v) is 5.50. The van der Waals surface area contributed by atoms with E-state index in [2.05, 4.69) is 15.2 Å².